The molecule has 0 radical (unpaired) electrons. The van der Waals surface area contributed by atoms with Gasteiger partial charge in [0.05, 0.1) is 29.0 Å². The van der Waals surface area contributed by atoms with E-state index in [4.69, 9.17) is 9.98 Å². The molecule has 2 amide bonds. The number of benzene rings is 2. The van der Waals surface area contributed by atoms with Crippen LogP contribution in [0.1, 0.15) is 98.1 Å². The smallest absolute Gasteiger partial charge is 0.249 e. The third kappa shape index (κ3) is 13.0. The second-order valence-corrected chi connectivity index (χ2v) is 12.1. The number of unbranched alkanes of at least 4 members (excludes halogenated alkanes) is 1. The number of aliphatic hydroxyl groups excluding tert-OH is 1. The molecule has 8 heteroatoms. The van der Waals surface area contributed by atoms with E-state index >= 15 is 0 Å². The van der Waals surface area contributed by atoms with Crippen LogP contribution in [0.5, 0.6) is 0 Å². The Kier molecular flexibility index (Phi) is 17.0. The van der Waals surface area contributed by atoms with E-state index in [1.165, 1.54) is 6.92 Å². The average Bonchev–Trinajstić information content (AvgIpc) is 3.05. The number of likely N-dealkylation sites (N-methyl/N-ethyl adjacent to an activating group) is 1. The van der Waals surface area contributed by atoms with E-state index in [1.54, 1.807) is 0 Å². The van der Waals surface area contributed by atoms with E-state index in [-0.39, 0.29) is 23.9 Å². The molecule has 0 aromatic heterocycles. The molecule has 0 fully saturated rings. The SMILES string of the molecule is C/C=C\C(C)/N=C(\C(CCCCC(O)O)=N/C(C)/C=C(\C)C(=O)N(CC)CCC(CC)(NC(C)=O)c1ccccc1)c1ccccc1. The van der Waals surface area contributed by atoms with Gasteiger partial charge in [0.25, 0.3) is 0 Å². The van der Waals surface area contributed by atoms with Crippen LogP contribution >= 0.6 is 0 Å². The Labute approximate surface area is 282 Å². The molecule has 0 bridgehead atoms. The Morgan fingerprint density at radius 2 is 1.57 bits per heavy atom. The van der Waals surface area contributed by atoms with Crippen LogP contribution in [0.3, 0.4) is 0 Å². The Hall–Kier alpha value is -3.88. The summed E-state index contributed by atoms with van der Waals surface area (Å²) in [5, 5.41) is 21.9. The van der Waals surface area contributed by atoms with Crippen LogP contribution in [-0.4, -0.2) is 69.8 Å². The zero-order chi connectivity index (χ0) is 34.8. The van der Waals surface area contributed by atoms with Gasteiger partial charge in [-0.05, 0) is 78.7 Å². The molecule has 2 rings (SSSR count). The van der Waals surface area contributed by atoms with Gasteiger partial charge in [-0.3, -0.25) is 19.6 Å². The van der Waals surface area contributed by atoms with Crippen LogP contribution in [0.4, 0.5) is 0 Å². The number of allylic oxidation sites excluding steroid dienone is 1. The molecule has 0 heterocycles. The van der Waals surface area contributed by atoms with Gasteiger partial charge in [-0.1, -0.05) is 85.8 Å². The van der Waals surface area contributed by atoms with Crippen molar-refractivity contribution in [2.45, 2.75) is 111 Å². The Bertz CT molecular complexity index is 1370. The van der Waals surface area contributed by atoms with Gasteiger partial charge in [-0.25, -0.2) is 0 Å². The summed E-state index contributed by atoms with van der Waals surface area (Å²) in [6.45, 7) is 14.4. The highest BCUT2D eigenvalue weighted by Gasteiger charge is 2.32. The summed E-state index contributed by atoms with van der Waals surface area (Å²) in [4.78, 5) is 38.0. The minimum Gasteiger partial charge on any atom is -0.368 e. The number of aliphatic imine (C=N–C) groups is 2. The molecule has 3 unspecified atom stereocenters. The highest BCUT2D eigenvalue weighted by atomic mass is 16.5. The molecule has 47 heavy (non-hydrogen) atoms. The van der Waals surface area contributed by atoms with E-state index in [9.17, 15) is 19.8 Å². The summed E-state index contributed by atoms with van der Waals surface area (Å²) in [5.41, 5.74) is 3.64. The van der Waals surface area contributed by atoms with E-state index in [0.717, 1.165) is 22.6 Å². The molecule has 0 aliphatic carbocycles. The second kappa shape index (κ2) is 20.4. The van der Waals surface area contributed by atoms with Crippen molar-refractivity contribution in [2.24, 2.45) is 9.98 Å². The number of hydrogen-bond acceptors (Lipinski definition) is 6. The van der Waals surface area contributed by atoms with E-state index in [2.05, 4.69) is 12.2 Å². The van der Waals surface area contributed by atoms with Crippen LogP contribution in [0.2, 0.25) is 0 Å². The average molecular weight is 645 g/mol. The fourth-order valence-corrected chi connectivity index (χ4v) is 5.84. The zero-order valence-corrected chi connectivity index (χ0v) is 29.4. The highest BCUT2D eigenvalue weighted by molar-refractivity contribution is 6.48. The van der Waals surface area contributed by atoms with Gasteiger partial charge >= 0.3 is 0 Å². The van der Waals surface area contributed by atoms with Crippen LogP contribution in [0, 0.1) is 0 Å². The molecule has 2 aromatic rings. The van der Waals surface area contributed by atoms with Crippen molar-refractivity contribution < 1.29 is 19.8 Å². The first kappa shape index (κ1) is 39.3. The third-order valence-corrected chi connectivity index (χ3v) is 8.26. The fourth-order valence-electron chi connectivity index (χ4n) is 5.84. The molecular formula is C39H56N4O4. The molecule has 2 aromatic carbocycles. The predicted octanol–water partition coefficient (Wildman–Crippen LogP) is 6.77. The topological polar surface area (TPSA) is 115 Å². The lowest BCUT2D eigenvalue weighted by Crippen LogP contribution is -2.47. The zero-order valence-electron chi connectivity index (χ0n) is 29.4. The number of hydrogen-bond donors (Lipinski definition) is 3. The molecule has 256 valence electrons. The van der Waals surface area contributed by atoms with E-state index in [1.807, 2.05) is 118 Å². The van der Waals surface area contributed by atoms with Crippen molar-refractivity contribution >= 4 is 23.2 Å². The number of amides is 2. The first-order valence-electron chi connectivity index (χ1n) is 17.0. The van der Waals surface area contributed by atoms with Gasteiger partial charge in [-0.2, -0.15) is 0 Å². The summed E-state index contributed by atoms with van der Waals surface area (Å²) in [6, 6.07) is 19.6. The summed E-state index contributed by atoms with van der Waals surface area (Å²) >= 11 is 0. The quantitative estimate of drug-likeness (QED) is 0.0515. The maximum absolute atomic E-state index is 13.8. The minimum atomic E-state index is -1.34. The summed E-state index contributed by atoms with van der Waals surface area (Å²) in [7, 11) is 0. The predicted molar refractivity (Wildman–Crippen MR) is 194 cm³/mol. The third-order valence-electron chi connectivity index (χ3n) is 8.26. The second-order valence-electron chi connectivity index (χ2n) is 12.1. The first-order valence-corrected chi connectivity index (χ1v) is 17.0. The number of carbonyl (C=O) groups excluding carboxylic acids is 2. The molecule has 0 aliphatic rings. The fraction of sp³-hybridized carbons (Fsp3) is 0.487. The maximum Gasteiger partial charge on any atom is 0.249 e. The monoisotopic (exact) mass is 644 g/mol. The van der Waals surface area contributed by atoms with Crippen molar-refractivity contribution in [1.82, 2.24) is 10.2 Å². The van der Waals surface area contributed by atoms with Crippen molar-refractivity contribution in [1.29, 1.82) is 0 Å². The van der Waals surface area contributed by atoms with E-state index in [0.29, 0.717) is 57.2 Å². The van der Waals surface area contributed by atoms with Gasteiger partial charge in [0, 0.05) is 31.1 Å². The first-order chi connectivity index (χ1) is 22.5. The maximum atomic E-state index is 13.8. The number of rotatable bonds is 19. The normalized spacial score (nSPS) is 15.4. The molecule has 3 atom stereocenters. The van der Waals surface area contributed by atoms with Crippen LogP contribution in [0.25, 0.3) is 0 Å². The lowest BCUT2D eigenvalue weighted by Gasteiger charge is -2.36. The molecule has 0 spiro atoms. The minimum absolute atomic E-state index is 0.0597. The van der Waals surface area contributed by atoms with E-state index < -0.39 is 11.8 Å². The van der Waals surface area contributed by atoms with Gasteiger partial charge in [0.2, 0.25) is 11.8 Å². The lowest BCUT2D eigenvalue weighted by atomic mass is 9.83. The summed E-state index contributed by atoms with van der Waals surface area (Å²) in [6.07, 6.45) is 8.11. The molecule has 3 N–H and O–H groups in total. The van der Waals surface area contributed by atoms with Gasteiger partial charge in [0.15, 0.2) is 6.29 Å². The van der Waals surface area contributed by atoms with Gasteiger partial charge in [0.1, 0.15) is 0 Å². The van der Waals surface area contributed by atoms with Gasteiger partial charge in [-0.15, -0.1) is 0 Å². The molecule has 0 aliphatic heterocycles. The van der Waals surface area contributed by atoms with Crippen LogP contribution in [0.15, 0.2) is 94.4 Å². The van der Waals surface area contributed by atoms with Crippen LogP contribution < -0.4 is 5.32 Å². The number of carbonyl (C=O) groups is 2. The van der Waals surface area contributed by atoms with Crippen molar-refractivity contribution in [3.8, 4) is 0 Å². The standard InChI is InChI=1S/C39H56N4O4/c1-8-19-30(5)41-37(33-20-13-11-14-21-33)35(24-17-18-25-36(45)46)40-31(6)28-29(4)38(47)43(10-3)27-26-39(9-2,42-32(7)44)34-22-15-12-16-23-34/h8,11-16,19-23,28,30-31,36,45-46H,9-10,17-18,24-27H2,1-7H3,(H,42,44)/b19-8-,29-28+,40-35-,41-37-. The molecule has 0 saturated heterocycles. The van der Waals surface area contributed by atoms with Crippen LogP contribution in [-0.2, 0) is 15.1 Å². The molecule has 8 nitrogen and oxygen atoms in total. The highest BCUT2D eigenvalue weighted by Crippen LogP contribution is 2.29. The number of nitrogens with one attached hydrogen (secondary N) is 1. The Balaban J connectivity index is 2.39. The number of aliphatic hydroxyl groups is 2. The van der Waals surface area contributed by atoms with Crippen molar-refractivity contribution in [3.05, 3.63) is 95.6 Å². The molecule has 0 saturated carbocycles. The summed E-state index contributed by atoms with van der Waals surface area (Å²) < 4.78 is 0. The Morgan fingerprint density at radius 3 is 2.13 bits per heavy atom. The molecular weight excluding hydrogens is 588 g/mol. The van der Waals surface area contributed by atoms with Crippen molar-refractivity contribution in [2.75, 3.05) is 13.1 Å². The number of nitrogens with zero attached hydrogens (tertiary/aromatic N) is 3. The summed E-state index contributed by atoms with van der Waals surface area (Å²) in [5.74, 6) is -0.165. The Morgan fingerprint density at radius 1 is 0.936 bits per heavy atom. The van der Waals surface area contributed by atoms with Gasteiger partial charge < -0.3 is 20.4 Å². The lowest BCUT2D eigenvalue weighted by molar-refractivity contribution is -0.127. The largest absolute Gasteiger partial charge is 0.368 e. The van der Waals surface area contributed by atoms with Crippen molar-refractivity contribution in [3.63, 3.8) is 0 Å².